The van der Waals surface area contributed by atoms with Crippen LogP contribution in [0.15, 0.2) is 12.2 Å². The van der Waals surface area contributed by atoms with Gasteiger partial charge in [-0.2, -0.15) is 0 Å². The Morgan fingerprint density at radius 1 is 0.652 bits per heavy atom. The molecule has 0 amide bonds. The maximum absolute atomic E-state index is 10.5. The van der Waals surface area contributed by atoms with Crippen LogP contribution >= 0.6 is 11.6 Å². The Morgan fingerprint density at radius 2 is 1.04 bits per heavy atom. The number of rotatable bonds is 18. The molecule has 0 atom stereocenters. The lowest BCUT2D eigenvalue weighted by Gasteiger charge is -2.03. The Hall–Kier alpha value is -0.300. The molecule has 0 N–H and O–H groups in total. The molecule has 0 aromatic rings. The molecule has 0 saturated heterocycles. The third-order valence-electron chi connectivity index (χ3n) is 4.42. The summed E-state index contributed by atoms with van der Waals surface area (Å²) in [6.07, 6.45) is 26.5. The summed E-state index contributed by atoms with van der Waals surface area (Å²) >= 11 is 5.26. The van der Waals surface area contributed by atoms with Crippen LogP contribution in [0.3, 0.4) is 0 Å². The van der Waals surface area contributed by atoms with Gasteiger partial charge in [0.2, 0.25) is 5.24 Å². The summed E-state index contributed by atoms with van der Waals surface area (Å²) < 4.78 is 0. The molecule has 0 fully saturated rings. The topological polar surface area (TPSA) is 17.1 Å². The van der Waals surface area contributed by atoms with Crippen LogP contribution in [0.25, 0.3) is 0 Å². The van der Waals surface area contributed by atoms with Crippen molar-refractivity contribution in [3.05, 3.63) is 12.2 Å². The van der Waals surface area contributed by atoms with Crippen molar-refractivity contribution >= 4 is 16.8 Å². The summed E-state index contributed by atoms with van der Waals surface area (Å²) in [5.74, 6) is 0. The van der Waals surface area contributed by atoms with E-state index in [0.29, 0.717) is 6.42 Å². The van der Waals surface area contributed by atoms with Gasteiger partial charge in [-0.15, -0.1) is 0 Å². The van der Waals surface area contributed by atoms with Gasteiger partial charge in [0.05, 0.1) is 0 Å². The molecular weight excluding hydrogens is 304 g/mol. The minimum Gasteiger partial charge on any atom is -0.281 e. The molecule has 136 valence electrons. The van der Waals surface area contributed by atoms with E-state index in [1.165, 1.54) is 96.3 Å². The average molecular weight is 343 g/mol. The van der Waals surface area contributed by atoms with E-state index in [0.717, 1.165) is 6.42 Å². The SMILES string of the molecule is CCCCCCCCCCCCCCCCC/C=C/CC(=O)Cl. The number of halogens is 1. The van der Waals surface area contributed by atoms with Gasteiger partial charge in [0, 0.05) is 6.42 Å². The fourth-order valence-electron chi connectivity index (χ4n) is 2.93. The predicted molar refractivity (Wildman–Crippen MR) is 104 cm³/mol. The lowest BCUT2D eigenvalue weighted by atomic mass is 10.0. The van der Waals surface area contributed by atoms with Crippen molar-refractivity contribution in [2.24, 2.45) is 0 Å². The molecule has 0 aliphatic rings. The molecule has 2 heteroatoms. The van der Waals surface area contributed by atoms with Crippen molar-refractivity contribution in [1.82, 2.24) is 0 Å². The van der Waals surface area contributed by atoms with Crippen molar-refractivity contribution in [3.8, 4) is 0 Å². The second-order valence-corrected chi connectivity index (χ2v) is 7.19. The average Bonchev–Trinajstić information content (AvgIpc) is 2.53. The highest BCUT2D eigenvalue weighted by molar-refractivity contribution is 6.63. The van der Waals surface area contributed by atoms with Crippen LogP contribution < -0.4 is 0 Å². The summed E-state index contributed by atoms with van der Waals surface area (Å²) in [6.45, 7) is 2.28. The highest BCUT2D eigenvalue weighted by Crippen LogP contribution is 2.13. The molecule has 0 radical (unpaired) electrons. The summed E-state index contributed by atoms with van der Waals surface area (Å²) in [5.41, 5.74) is 0. The first-order valence-electron chi connectivity index (χ1n) is 10.1. The van der Waals surface area contributed by atoms with Gasteiger partial charge < -0.3 is 0 Å². The molecule has 0 heterocycles. The van der Waals surface area contributed by atoms with Crippen LogP contribution in [0, 0.1) is 0 Å². The van der Waals surface area contributed by atoms with Crippen molar-refractivity contribution in [1.29, 1.82) is 0 Å². The van der Waals surface area contributed by atoms with Crippen LogP contribution in [0.5, 0.6) is 0 Å². The highest BCUT2D eigenvalue weighted by atomic mass is 35.5. The van der Waals surface area contributed by atoms with Gasteiger partial charge in [0.15, 0.2) is 0 Å². The van der Waals surface area contributed by atoms with E-state index in [-0.39, 0.29) is 5.24 Å². The fraction of sp³-hybridized carbons (Fsp3) is 0.857. The zero-order chi connectivity index (χ0) is 17.0. The quantitative estimate of drug-likeness (QED) is 0.140. The van der Waals surface area contributed by atoms with E-state index in [9.17, 15) is 4.79 Å². The van der Waals surface area contributed by atoms with Crippen molar-refractivity contribution in [3.63, 3.8) is 0 Å². The first-order chi connectivity index (χ1) is 11.3. The third kappa shape index (κ3) is 21.7. The summed E-state index contributed by atoms with van der Waals surface area (Å²) in [7, 11) is 0. The number of unbranched alkanes of at least 4 members (excludes halogenated alkanes) is 15. The van der Waals surface area contributed by atoms with Gasteiger partial charge >= 0.3 is 0 Å². The van der Waals surface area contributed by atoms with Gasteiger partial charge in [0.1, 0.15) is 0 Å². The smallest absolute Gasteiger partial charge is 0.225 e. The molecule has 0 unspecified atom stereocenters. The monoisotopic (exact) mass is 342 g/mol. The number of carbonyl (C=O) groups is 1. The second kappa shape index (κ2) is 19.7. The minimum absolute atomic E-state index is 0.266. The Kier molecular flexibility index (Phi) is 19.5. The Morgan fingerprint density at radius 3 is 1.43 bits per heavy atom. The van der Waals surface area contributed by atoms with Gasteiger partial charge in [-0.3, -0.25) is 4.79 Å². The summed E-state index contributed by atoms with van der Waals surface area (Å²) in [6, 6.07) is 0. The van der Waals surface area contributed by atoms with E-state index in [4.69, 9.17) is 11.6 Å². The highest BCUT2D eigenvalue weighted by Gasteiger charge is 1.94. The van der Waals surface area contributed by atoms with Crippen LogP contribution in [0.1, 0.15) is 116 Å². The molecule has 0 bridgehead atoms. The standard InChI is InChI=1S/C21H39ClO/c1-2-3-4-5-6-7-8-9-10-11-12-13-14-15-16-17-18-19-20-21(22)23/h18-19H,2-17,20H2,1H3/b19-18+. The lowest BCUT2D eigenvalue weighted by molar-refractivity contribution is -0.110. The number of hydrogen-bond donors (Lipinski definition) is 0. The molecule has 23 heavy (non-hydrogen) atoms. The first-order valence-corrected chi connectivity index (χ1v) is 10.5. The largest absolute Gasteiger partial charge is 0.281 e. The lowest BCUT2D eigenvalue weighted by Crippen LogP contribution is -1.83. The van der Waals surface area contributed by atoms with E-state index in [2.05, 4.69) is 13.0 Å². The number of carbonyl (C=O) groups excluding carboxylic acids is 1. The molecule has 0 aromatic carbocycles. The molecule has 1 nitrogen and oxygen atoms in total. The molecule has 0 aromatic heterocycles. The van der Waals surface area contributed by atoms with Crippen molar-refractivity contribution in [2.45, 2.75) is 116 Å². The summed E-state index contributed by atoms with van der Waals surface area (Å²) in [5, 5.41) is -0.266. The molecule has 0 aliphatic heterocycles. The van der Waals surface area contributed by atoms with Gasteiger partial charge in [0.25, 0.3) is 0 Å². The van der Waals surface area contributed by atoms with Crippen LogP contribution in [0.2, 0.25) is 0 Å². The van der Waals surface area contributed by atoms with Crippen LogP contribution in [0.4, 0.5) is 0 Å². The third-order valence-corrected chi connectivity index (χ3v) is 4.57. The predicted octanol–water partition coefficient (Wildman–Crippen LogP) is 7.96. The number of allylic oxidation sites excluding steroid dienone is 2. The fourth-order valence-corrected chi connectivity index (χ4v) is 3.02. The van der Waals surface area contributed by atoms with E-state index in [1.807, 2.05) is 6.08 Å². The van der Waals surface area contributed by atoms with E-state index in [1.54, 1.807) is 0 Å². The van der Waals surface area contributed by atoms with Gasteiger partial charge in [-0.25, -0.2) is 0 Å². The van der Waals surface area contributed by atoms with E-state index >= 15 is 0 Å². The molecule has 0 aliphatic carbocycles. The zero-order valence-corrected chi connectivity index (χ0v) is 16.2. The maximum Gasteiger partial charge on any atom is 0.225 e. The zero-order valence-electron chi connectivity index (χ0n) is 15.5. The molecule has 0 saturated carbocycles. The van der Waals surface area contributed by atoms with Crippen LogP contribution in [-0.2, 0) is 4.79 Å². The van der Waals surface area contributed by atoms with E-state index < -0.39 is 0 Å². The normalized spacial score (nSPS) is 11.4. The Bertz CT molecular complexity index is 273. The molecule has 0 rings (SSSR count). The van der Waals surface area contributed by atoms with Gasteiger partial charge in [-0.1, -0.05) is 109 Å². The maximum atomic E-state index is 10.5. The van der Waals surface area contributed by atoms with Crippen molar-refractivity contribution in [2.75, 3.05) is 0 Å². The minimum atomic E-state index is -0.266. The Labute approximate surface area is 150 Å². The second-order valence-electron chi connectivity index (χ2n) is 6.77. The van der Waals surface area contributed by atoms with Crippen molar-refractivity contribution < 1.29 is 4.79 Å². The van der Waals surface area contributed by atoms with Gasteiger partial charge in [-0.05, 0) is 24.4 Å². The summed E-state index contributed by atoms with van der Waals surface area (Å²) in [4.78, 5) is 10.5. The van der Waals surface area contributed by atoms with Crippen LogP contribution in [-0.4, -0.2) is 5.24 Å². The number of hydrogen-bond acceptors (Lipinski definition) is 1. The first kappa shape index (κ1) is 22.7. The molecule has 0 spiro atoms. The molecular formula is C21H39ClO. The Balaban J connectivity index is 3.02.